The Balaban J connectivity index is 1.49. The number of carbonyl (C=O) groups is 5. The molecule has 1 saturated heterocycles. The number of nitrogens with one attached hydrogen (secondary N) is 1. The van der Waals surface area contributed by atoms with Crippen LogP contribution in [0.15, 0.2) is 33.9 Å². The number of thioether (sulfide) groups is 2. The summed E-state index contributed by atoms with van der Waals surface area (Å²) in [7, 11) is 0. The third kappa shape index (κ3) is 6.25. The molecular weight excluding hydrogens is 572 g/mol. The van der Waals surface area contributed by atoms with E-state index in [2.05, 4.69) is 20.8 Å². The maximum absolute atomic E-state index is 13.2. The Bertz CT molecular complexity index is 1340. The first-order valence-corrected chi connectivity index (χ1v) is 14.4. The number of hydrogen-bond donors (Lipinski definition) is 3. The molecule has 0 aliphatic carbocycles. The number of fused-ring (bicyclic) bond motifs is 1. The second-order valence-electron chi connectivity index (χ2n) is 9.44. The first-order valence-electron chi connectivity index (χ1n) is 11.4. The van der Waals surface area contributed by atoms with Crippen molar-refractivity contribution < 1.29 is 38.9 Å². The molecule has 2 aromatic rings. The van der Waals surface area contributed by atoms with Crippen molar-refractivity contribution in [3.8, 4) is 0 Å². The average molecular weight is 597 g/mol. The quantitative estimate of drug-likeness (QED) is 0.151. The summed E-state index contributed by atoms with van der Waals surface area (Å²) in [5.74, 6) is -5.49. The summed E-state index contributed by atoms with van der Waals surface area (Å²) >= 11 is 3.51. The molecular formula is C22H24N6O8S3. The number of tetrazole rings is 1. The lowest BCUT2D eigenvalue weighted by Gasteiger charge is -2.49. The Hall–Kier alpha value is -3.44. The summed E-state index contributed by atoms with van der Waals surface area (Å²) < 4.78 is 6.50. The molecule has 0 aromatic carbocycles. The fraction of sp³-hybridized carbons (Fsp3) is 0.455. The predicted molar refractivity (Wildman–Crippen MR) is 139 cm³/mol. The molecule has 1 fully saturated rings. The maximum atomic E-state index is 13.2. The number of aliphatic carboxylic acids is 2. The fourth-order valence-corrected chi connectivity index (χ4v) is 7.05. The second-order valence-corrected chi connectivity index (χ2v) is 12.5. The van der Waals surface area contributed by atoms with Gasteiger partial charge < -0.3 is 20.3 Å². The highest BCUT2D eigenvalue weighted by molar-refractivity contribution is 8.01. The molecule has 39 heavy (non-hydrogen) atoms. The number of esters is 1. The molecule has 4 heterocycles. The van der Waals surface area contributed by atoms with Crippen molar-refractivity contribution in [2.24, 2.45) is 0 Å². The Morgan fingerprint density at radius 2 is 2.03 bits per heavy atom. The van der Waals surface area contributed by atoms with Crippen molar-refractivity contribution >= 4 is 64.6 Å². The van der Waals surface area contributed by atoms with Crippen LogP contribution in [0.1, 0.15) is 31.6 Å². The van der Waals surface area contributed by atoms with E-state index in [9.17, 15) is 29.1 Å². The van der Waals surface area contributed by atoms with Crippen LogP contribution in [0.4, 0.5) is 0 Å². The van der Waals surface area contributed by atoms with Crippen molar-refractivity contribution in [3.05, 3.63) is 33.7 Å². The molecule has 4 rings (SSSR count). The number of amides is 2. The largest absolute Gasteiger partial charge is 0.480 e. The first kappa shape index (κ1) is 28.6. The van der Waals surface area contributed by atoms with Gasteiger partial charge in [0.2, 0.25) is 11.1 Å². The van der Waals surface area contributed by atoms with Gasteiger partial charge in [-0.2, -0.15) is 0 Å². The fourth-order valence-electron chi connectivity index (χ4n) is 3.88. The molecule has 2 aliphatic heterocycles. The molecule has 2 aliphatic rings. The topological polar surface area (TPSA) is 194 Å². The van der Waals surface area contributed by atoms with Gasteiger partial charge in [0, 0.05) is 16.4 Å². The van der Waals surface area contributed by atoms with Gasteiger partial charge in [0.15, 0.2) is 5.92 Å². The van der Waals surface area contributed by atoms with Gasteiger partial charge in [-0.15, -0.1) is 28.2 Å². The summed E-state index contributed by atoms with van der Waals surface area (Å²) in [6.45, 7) is 4.59. The van der Waals surface area contributed by atoms with Crippen LogP contribution >= 0.6 is 34.9 Å². The lowest BCUT2D eigenvalue weighted by molar-refractivity contribution is -0.160. The molecule has 14 nitrogen and oxygen atoms in total. The van der Waals surface area contributed by atoms with E-state index in [4.69, 9.17) is 9.84 Å². The molecule has 2 amide bonds. The normalized spacial score (nSPS) is 19.7. The van der Waals surface area contributed by atoms with Gasteiger partial charge in [-0.1, -0.05) is 17.8 Å². The lowest BCUT2D eigenvalue weighted by atomic mass is 10.0. The minimum Gasteiger partial charge on any atom is -0.480 e. The van der Waals surface area contributed by atoms with Gasteiger partial charge in [0.05, 0.1) is 0 Å². The molecule has 2 aromatic heterocycles. The highest BCUT2D eigenvalue weighted by Crippen LogP contribution is 2.42. The predicted octanol–water partition coefficient (Wildman–Crippen LogP) is 0.775. The lowest BCUT2D eigenvalue weighted by Crippen LogP contribution is -2.71. The van der Waals surface area contributed by atoms with Crippen LogP contribution < -0.4 is 5.32 Å². The number of carboxylic acids is 2. The number of carboxylic acid groups (broad SMARTS) is 2. The number of thiophene rings is 1. The van der Waals surface area contributed by atoms with E-state index in [1.807, 2.05) is 0 Å². The Labute approximate surface area is 234 Å². The van der Waals surface area contributed by atoms with E-state index in [-0.39, 0.29) is 22.4 Å². The van der Waals surface area contributed by atoms with Gasteiger partial charge in [-0.3, -0.25) is 24.1 Å². The summed E-state index contributed by atoms with van der Waals surface area (Å²) in [4.78, 5) is 63.9. The Kier molecular flexibility index (Phi) is 8.31. The molecule has 208 valence electrons. The smallest absolute Gasteiger partial charge is 0.352 e. The molecule has 2 unspecified atom stereocenters. The minimum atomic E-state index is -1.32. The highest BCUT2D eigenvalue weighted by atomic mass is 32.2. The molecule has 3 N–H and O–H groups in total. The monoisotopic (exact) mass is 596 g/mol. The third-order valence-electron chi connectivity index (χ3n) is 5.44. The second kappa shape index (κ2) is 11.4. The van der Waals surface area contributed by atoms with Gasteiger partial charge in [0.25, 0.3) is 5.91 Å². The van der Waals surface area contributed by atoms with Crippen LogP contribution in [0.5, 0.6) is 0 Å². The Morgan fingerprint density at radius 3 is 2.64 bits per heavy atom. The number of ether oxygens (including phenoxy) is 1. The van der Waals surface area contributed by atoms with E-state index in [0.29, 0.717) is 10.5 Å². The first-order chi connectivity index (χ1) is 18.4. The van der Waals surface area contributed by atoms with Crippen molar-refractivity contribution in [2.75, 3.05) is 11.5 Å². The van der Waals surface area contributed by atoms with Crippen molar-refractivity contribution in [2.45, 2.75) is 55.4 Å². The van der Waals surface area contributed by atoms with E-state index in [0.717, 1.165) is 21.3 Å². The van der Waals surface area contributed by atoms with Crippen LogP contribution in [0.25, 0.3) is 0 Å². The standard InChI is InChI=1S/C22H24N6O8S3/c1-22(2,3)36-20(35)13(11-5-4-6-37-11)16(31)23-14-17(32)28-15(19(33)34)10(8-38-18(14)28)9-39-21-24-25-26-27(21)7-12(29)30/h4-6,13-14,18H,7-9H2,1-3H3,(H,23,31)(H,29,30)(H,33,34)/t13?,14?,18-/m1/s1. The SMILES string of the molecule is CC(C)(C)OC(=O)C(C(=O)NC1C(=O)N2C(C(=O)O)=C(CSc3nnnn3CC(=O)O)CS[C@H]12)c1cccs1. The van der Waals surface area contributed by atoms with Crippen molar-refractivity contribution in [1.29, 1.82) is 0 Å². The van der Waals surface area contributed by atoms with Crippen LogP contribution in [-0.2, 0) is 35.3 Å². The zero-order valence-corrected chi connectivity index (χ0v) is 23.3. The zero-order valence-electron chi connectivity index (χ0n) is 20.9. The molecule has 3 atom stereocenters. The number of aromatic nitrogens is 4. The van der Waals surface area contributed by atoms with Crippen molar-refractivity contribution in [1.82, 2.24) is 30.4 Å². The number of hydrogen-bond acceptors (Lipinski definition) is 12. The summed E-state index contributed by atoms with van der Waals surface area (Å²) in [6, 6.07) is 2.30. The molecule has 0 bridgehead atoms. The summed E-state index contributed by atoms with van der Waals surface area (Å²) in [5, 5.41) is 33.6. The van der Waals surface area contributed by atoms with Gasteiger partial charge in [-0.05, 0) is 48.2 Å². The Morgan fingerprint density at radius 1 is 1.28 bits per heavy atom. The number of carbonyl (C=O) groups excluding carboxylic acids is 3. The van der Waals surface area contributed by atoms with Gasteiger partial charge in [0.1, 0.15) is 29.3 Å². The van der Waals surface area contributed by atoms with Crippen molar-refractivity contribution in [3.63, 3.8) is 0 Å². The van der Waals surface area contributed by atoms with E-state index in [1.165, 1.54) is 23.1 Å². The highest BCUT2D eigenvalue weighted by Gasteiger charge is 2.55. The molecule has 0 spiro atoms. The van der Waals surface area contributed by atoms with E-state index >= 15 is 0 Å². The summed E-state index contributed by atoms with van der Waals surface area (Å²) in [5.41, 5.74) is -0.621. The van der Waals surface area contributed by atoms with E-state index < -0.39 is 59.2 Å². The molecule has 17 heteroatoms. The number of rotatable bonds is 10. The van der Waals surface area contributed by atoms with Crippen LogP contribution in [0, 0.1) is 0 Å². The number of nitrogens with zero attached hydrogens (tertiary/aromatic N) is 5. The van der Waals surface area contributed by atoms with Crippen LogP contribution in [0.3, 0.4) is 0 Å². The van der Waals surface area contributed by atoms with E-state index in [1.54, 1.807) is 38.3 Å². The number of β-lactam (4-membered cyclic amide) rings is 1. The van der Waals surface area contributed by atoms with Gasteiger partial charge >= 0.3 is 17.9 Å². The minimum absolute atomic E-state index is 0.0985. The van der Waals surface area contributed by atoms with Gasteiger partial charge in [-0.25, -0.2) is 9.48 Å². The zero-order chi connectivity index (χ0) is 28.5. The average Bonchev–Trinajstić information content (AvgIpc) is 3.51. The summed E-state index contributed by atoms with van der Waals surface area (Å²) in [6.07, 6.45) is 0. The maximum Gasteiger partial charge on any atom is 0.352 e. The third-order valence-corrected chi connectivity index (χ3v) is 8.76. The molecule has 0 saturated carbocycles. The molecule has 0 radical (unpaired) electrons. The van der Waals surface area contributed by atoms with Crippen LogP contribution in [0.2, 0.25) is 0 Å². The van der Waals surface area contributed by atoms with Crippen LogP contribution in [-0.4, -0.2) is 93.6 Å².